The summed E-state index contributed by atoms with van der Waals surface area (Å²) in [7, 11) is 0. The van der Waals surface area contributed by atoms with E-state index < -0.39 is 0 Å². The first-order valence-electron chi connectivity index (χ1n) is 10.1. The van der Waals surface area contributed by atoms with E-state index in [2.05, 4.69) is 43.5 Å². The molecule has 0 atom stereocenters. The van der Waals surface area contributed by atoms with Crippen LogP contribution >= 0.6 is 0 Å². The van der Waals surface area contributed by atoms with Crippen LogP contribution < -0.4 is 10.6 Å². The molecule has 1 fully saturated rings. The molecule has 4 heteroatoms. The summed E-state index contributed by atoms with van der Waals surface area (Å²) < 4.78 is 0. The van der Waals surface area contributed by atoms with Gasteiger partial charge in [-0.1, -0.05) is 51.1 Å². The molecule has 0 spiro atoms. The molecule has 2 aromatic carbocycles. The first-order chi connectivity index (χ1) is 13.3. The number of hydrogen-bond donors (Lipinski definition) is 2. The average molecular weight is 379 g/mol. The standard InChI is InChI=1S/C24H30N2O2/c1-24(2,3)19-13-15-21(16-14-19)26-23(28)18-11-9-17(10-12-18)22(27)25-20-7-5-4-6-8-20/h4-8,13-18H,9-12H2,1-3H3,(H,25,27)(H,26,28). The molecule has 3 rings (SSSR count). The summed E-state index contributed by atoms with van der Waals surface area (Å²) in [4.78, 5) is 25.0. The molecule has 0 heterocycles. The highest BCUT2D eigenvalue weighted by atomic mass is 16.2. The molecule has 0 aliphatic heterocycles. The van der Waals surface area contributed by atoms with E-state index in [0.29, 0.717) is 0 Å². The smallest absolute Gasteiger partial charge is 0.227 e. The van der Waals surface area contributed by atoms with Crippen LogP contribution in [0.15, 0.2) is 54.6 Å². The maximum atomic E-state index is 12.6. The van der Waals surface area contributed by atoms with E-state index in [1.807, 2.05) is 42.5 Å². The van der Waals surface area contributed by atoms with Gasteiger partial charge in [0.05, 0.1) is 0 Å². The van der Waals surface area contributed by atoms with Crippen molar-refractivity contribution < 1.29 is 9.59 Å². The predicted molar refractivity (Wildman–Crippen MR) is 114 cm³/mol. The van der Waals surface area contributed by atoms with Crippen LogP contribution in [0.1, 0.15) is 52.0 Å². The first-order valence-corrected chi connectivity index (χ1v) is 10.1. The summed E-state index contributed by atoms with van der Waals surface area (Å²) in [6, 6.07) is 17.6. The highest BCUT2D eigenvalue weighted by Gasteiger charge is 2.30. The van der Waals surface area contributed by atoms with Gasteiger partial charge in [-0.3, -0.25) is 9.59 Å². The van der Waals surface area contributed by atoms with Crippen LogP contribution in [0.4, 0.5) is 11.4 Å². The van der Waals surface area contributed by atoms with Crippen LogP contribution in [0.2, 0.25) is 0 Å². The van der Waals surface area contributed by atoms with E-state index in [1.165, 1.54) is 5.56 Å². The molecule has 0 radical (unpaired) electrons. The minimum absolute atomic E-state index is 0.0182. The Morgan fingerprint density at radius 3 is 1.57 bits per heavy atom. The summed E-state index contributed by atoms with van der Waals surface area (Å²) in [6.07, 6.45) is 3.00. The third-order valence-electron chi connectivity index (χ3n) is 5.53. The van der Waals surface area contributed by atoms with Gasteiger partial charge in [0.2, 0.25) is 11.8 Å². The maximum Gasteiger partial charge on any atom is 0.227 e. The van der Waals surface area contributed by atoms with Gasteiger partial charge in [0, 0.05) is 23.2 Å². The molecule has 0 bridgehead atoms. The lowest BCUT2D eigenvalue weighted by molar-refractivity contribution is -0.125. The van der Waals surface area contributed by atoms with Crippen LogP contribution in [-0.4, -0.2) is 11.8 Å². The number of nitrogens with one attached hydrogen (secondary N) is 2. The van der Waals surface area contributed by atoms with E-state index >= 15 is 0 Å². The van der Waals surface area contributed by atoms with E-state index in [1.54, 1.807) is 0 Å². The number of carbonyl (C=O) groups is 2. The van der Waals surface area contributed by atoms with Gasteiger partial charge in [-0.2, -0.15) is 0 Å². The lowest BCUT2D eigenvalue weighted by atomic mass is 9.81. The zero-order valence-corrected chi connectivity index (χ0v) is 17.0. The van der Waals surface area contributed by atoms with E-state index in [0.717, 1.165) is 37.1 Å². The normalized spacial score (nSPS) is 19.7. The maximum absolute atomic E-state index is 12.6. The zero-order valence-electron chi connectivity index (χ0n) is 17.0. The monoisotopic (exact) mass is 378 g/mol. The Bertz CT molecular complexity index is 799. The summed E-state index contributed by atoms with van der Waals surface area (Å²) in [6.45, 7) is 6.52. The van der Waals surface area contributed by atoms with Gasteiger partial charge in [-0.25, -0.2) is 0 Å². The van der Waals surface area contributed by atoms with Crippen molar-refractivity contribution in [1.82, 2.24) is 0 Å². The molecule has 1 saturated carbocycles. The second-order valence-electron chi connectivity index (χ2n) is 8.72. The summed E-state index contributed by atoms with van der Waals surface area (Å²) in [5.74, 6) is 0.0756. The molecule has 0 saturated heterocycles. The van der Waals surface area contributed by atoms with Gasteiger partial charge < -0.3 is 10.6 Å². The SMILES string of the molecule is CC(C)(C)c1ccc(NC(=O)C2CCC(C(=O)Nc3ccccc3)CC2)cc1. The summed E-state index contributed by atoms with van der Waals surface area (Å²) in [5.41, 5.74) is 3.00. The molecular formula is C24H30N2O2. The van der Waals surface area contributed by atoms with Gasteiger partial charge in [0.25, 0.3) is 0 Å². The fraction of sp³-hybridized carbons (Fsp3) is 0.417. The molecule has 28 heavy (non-hydrogen) atoms. The van der Waals surface area contributed by atoms with Gasteiger partial charge in [-0.15, -0.1) is 0 Å². The second kappa shape index (κ2) is 8.59. The topological polar surface area (TPSA) is 58.2 Å². The van der Waals surface area contributed by atoms with Crippen molar-refractivity contribution in [3.63, 3.8) is 0 Å². The summed E-state index contributed by atoms with van der Waals surface area (Å²) in [5, 5.41) is 6.01. The molecule has 2 aromatic rings. The second-order valence-corrected chi connectivity index (χ2v) is 8.72. The number of benzene rings is 2. The van der Waals surface area contributed by atoms with Crippen LogP contribution in [-0.2, 0) is 15.0 Å². The Kier molecular flexibility index (Phi) is 6.18. The minimum Gasteiger partial charge on any atom is -0.326 e. The van der Waals surface area contributed by atoms with Crippen molar-refractivity contribution in [2.24, 2.45) is 11.8 Å². The third-order valence-corrected chi connectivity index (χ3v) is 5.53. The molecule has 4 nitrogen and oxygen atoms in total. The third kappa shape index (κ3) is 5.22. The van der Waals surface area contributed by atoms with Gasteiger partial charge >= 0.3 is 0 Å². The largest absolute Gasteiger partial charge is 0.326 e. The zero-order chi connectivity index (χ0) is 20.1. The minimum atomic E-state index is -0.0249. The van der Waals surface area contributed by atoms with Crippen molar-refractivity contribution in [3.8, 4) is 0 Å². The van der Waals surface area contributed by atoms with E-state index in [-0.39, 0.29) is 29.1 Å². The number of rotatable bonds is 4. The Balaban J connectivity index is 1.49. The van der Waals surface area contributed by atoms with Crippen molar-refractivity contribution in [3.05, 3.63) is 60.2 Å². The fourth-order valence-electron chi connectivity index (χ4n) is 3.68. The van der Waals surface area contributed by atoms with E-state index in [4.69, 9.17) is 0 Å². The molecule has 148 valence electrons. The van der Waals surface area contributed by atoms with Gasteiger partial charge in [-0.05, 0) is 60.9 Å². The average Bonchev–Trinajstić information content (AvgIpc) is 2.68. The Labute approximate surface area is 167 Å². The lowest BCUT2D eigenvalue weighted by Gasteiger charge is -2.27. The Hall–Kier alpha value is -2.62. The van der Waals surface area contributed by atoms with Crippen LogP contribution in [0.5, 0.6) is 0 Å². The van der Waals surface area contributed by atoms with Crippen LogP contribution in [0.25, 0.3) is 0 Å². The predicted octanol–water partition coefficient (Wildman–Crippen LogP) is 5.37. The molecule has 0 aromatic heterocycles. The van der Waals surface area contributed by atoms with Gasteiger partial charge in [0.15, 0.2) is 0 Å². The molecule has 1 aliphatic rings. The Morgan fingerprint density at radius 1 is 0.714 bits per heavy atom. The van der Waals surface area contributed by atoms with Crippen molar-refractivity contribution in [2.45, 2.75) is 51.9 Å². The fourth-order valence-corrected chi connectivity index (χ4v) is 3.68. The van der Waals surface area contributed by atoms with E-state index in [9.17, 15) is 9.59 Å². The number of amides is 2. The molecular weight excluding hydrogens is 348 g/mol. The number of carbonyl (C=O) groups excluding carboxylic acids is 2. The number of para-hydroxylation sites is 1. The molecule has 1 aliphatic carbocycles. The molecule has 0 unspecified atom stereocenters. The molecule has 2 amide bonds. The number of anilines is 2. The Morgan fingerprint density at radius 2 is 1.14 bits per heavy atom. The van der Waals surface area contributed by atoms with Crippen molar-refractivity contribution in [1.29, 1.82) is 0 Å². The van der Waals surface area contributed by atoms with Crippen LogP contribution in [0, 0.1) is 11.8 Å². The quantitative estimate of drug-likeness (QED) is 0.752. The molecule has 2 N–H and O–H groups in total. The van der Waals surface area contributed by atoms with Gasteiger partial charge in [0.1, 0.15) is 0 Å². The first kappa shape index (κ1) is 20.1. The summed E-state index contributed by atoms with van der Waals surface area (Å²) >= 11 is 0. The lowest BCUT2D eigenvalue weighted by Crippen LogP contribution is -2.32. The highest BCUT2D eigenvalue weighted by molar-refractivity contribution is 5.94. The van der Waals surface area contributed by atoms with Crippen molar-refractivity contribution >= 4 is 23.2 Å². The highest BCUT2D eigenvalue weighted by Crippen LogP contribution is 2.31. The number of hydrogen-bond acceptors (Lipinski definition) is 2. The van der Waals surface area contributed by atoms with Crippen LogP contribution in [0.3, 0.4) is 0 Å². The van der Waals surface area contributed by atoms with Crippen molar-refractivity contribution in [2.75, 3.05) is 10.6 Å².